The van der Waals surface area contributed by atoms with Gasteiger partial charge in [0.25, 0.3) is 5.91 Å². The number of pyridine rings is 1. The lowest BCUT2D eigenvalue weighted by atomic mass is 9.93. The van der Waals surface area contributed by atoms with Crippen molar-refractivity contribution in [3.8, 4) is 0 Å². The number of hydrogen-bond acceptors (Lipinski definition) is 3. The predicted molar refractivity (Wildman–Crippen MR) is 101 cm³/mol. The molecule has 5 rings (SSSR count). The number of H-pyrrole nitrogens is 1. The minimum atomic E-state index is -0.0656. The zero-order valence-corrected chi connectivity index (χ0v) is 14.6. The third-order valence-corrected chi connectivity index (χ3v) is 5.65. The summed E-state index contributed by atoms with van der Waals surface area (Å²) in [6.07, 6.45) is 6.22. The largest absolute Gasteiger partial charge is 0.357 e. The molecule has 2 aromatic heterocycles. The average Bonchev–Trinajstić information content (AvgIpc) is 3.03. The van der Waals surface area contributed by atoms with Crippen LogP contribution in [0.5, 0.6) is 0 Å². The van der Waals surface area contributed by atoms with Crippen LogP contribution >= 0.6 is 0 Å². The Kier molecular flexibility index (Phi) is 3.75. The minimum absolute atomic E-state index is 0.0656. The Morgan fingerprint density at radius 1 is 1.15 bits per heavy atom. The Bertz CT molecular complexity index is 956. The van der Waals surface area contributed by atoms with Crippen molar-refractivity contribution in [1.82, 2.24) is 20.6 Å². The maximum Gasteiger partial charge on any atom is 0.270 e. The lowest BCUT2D eigenvalue weighted by Crippen LogP contribution is -2.39. The fourth-order valence-electron chi connectivity index (χ4n) is 3.99. The summed E-state index contributed by atoms with van der Waals surface area (Å²) >= 11 is 0. The summed E-state index contributed by atoms with van der Waals surface area (Å²) in [5.74, 6) is -0.0656. The molecule has 1 fully saturated rings. The molecule has 3 heterocycles. The Balaban J connectivity index is 1.43. The van der Waals surface area contributed by atoms with E-state index >= 15 is 0 Å². The molecule has 5 nitrogen and oxygen atoms in total. The van der Waals surface area contributed by atoms with Gasteiger partial charge in [-0.2, -0.15) is 0 Å². The van der Waals surface area contributed by atoms with E-state index in [4.69, 9.17) is 0 Å². The van der Waals surface area contributed by atoms with Crippen LogP contribution in [0.25, 0.3) is 10.9 Å². The summed E-state index contributed by atoms with van der Waals surface area (Å²) < 4.78 is 0. The zero-order valence-electron chi connectivity index (χ0n) is 14.6. The molecule has 3 N–H and O–H groups in total. The summed E-state index contributed by atoms with van der Waals surface area (Å²) in [4.78, 5) is 20.3. The third-order valence-electron chi connectivity index (χ3n) is 5.65. The topological polar surface area (TPSA) is 69.8 Å². The van der Waals surface area contributed by atoms with Crippen molar-refractivity contribution in [2.45, 2.75) is 37.8 Å². The van der Waals surface area contributed by atoms with Crippen LogP contribution in [0.3, 0.4) is 0 Å². The van der Waals surface area contributed by atoms with Crippen molar-refractivity contribution in [2.75, 3.05) is 6.54 Å². The molecule has 1 amide bonds. The van der Waals surface area contributed by atoms with E-state index in [-0.39, 0.29) is 11.9 Å². The first-order valence-electron chi connectivity index (χ1n) is 9.39. The van der Waals surface area contributed by atoms with Gasteiger partial charge in [0.05, 0.1) is 6.04 Å². The minimum Gasteiger partial charge on any atom is -0.357 e. The molecule has 0 unspecified atom stereocenters. The Hall–Kier alpha value is -2.66. The van der Waals surface area contributed by atoms with Gasteiger partial charge in [-0.1, -0.05) is 24.3 Å². The number of fused-ring (bicyclic) bond motifs is 3. The molecule has 3 aromatic rings. The second-order valence-corrected chi connectivity index (χ2v) is 7.28. The van der Waals surface area contributed by atoms with Crippen LogP contribution < -0.4 is 10.6 Å². The molecule has 1 aliphatic heterocycles. The van der Waals surface area contributed by atoms with Crippen LogP contribution in [0.15, 0.2) is 42.6 Å². The molecule has 1 aliphatic carbocycles. The number of rotatable bonds is 3. The number of para-hydroxylation sites is 1. The van der Waals surface area contributed by atoms with Gasteiger partial charge in [-0.15, -0.1) is 0 Å². The van der Waals surface area contributed by atoms with E-state index in [0.29, 0.717) is 11.7 Å². The molecule has 0 radical (unpaired) electrons. The highest BCUT2D eigenvalue weighted by Crippen LogP contribution is 2.33. The lowest BCUT2D eigenvalue weighted by Gasteiger charge is -2.26. The van der Waals surface area contributed by atoms with E-state index in [1.54, 1.807) is 0 Å². The van der Waals surface area contributed by atoms with Gasteiger partial charge in [0.2, 0.25) is 0 Å². The second-order valence-electron chi connectivity index (χ2n) is 7.28. The quantitative estimate of drug-likeness (QED) is 0.683. The van der Waals surface area contributed by atoms with Crippen molar-refractivity contribution in [3.63, 3.8) is 0 Å². The van der Waals surface area contributed by atoms with Gasteiger partial charge in [-0.05, 0) is 48.9 Å². The number of hydrogen-bond donors (Lipinski definition) is 3. The number of aromatic nitrogens is 2. The van der Waals surface area contributed by atoms with Crippen LogP contribution in [0.4, 0.5) is 0 Å². The van der Waals surface area contributed by atoms with Gasteiger partial charge in [0.1, 0.15) is 5.69 Å². The maximum absolute atomic E-state index is 12.3. The fourth-order valence-corrected chi connectivity index (χ4v) is 3.99. The standard InChI is InChI=1S/C21H22N4O/c26-21(24-14-4-3-5-14)18-9-8-13(12-23-18)19-20-16(10-11-22-19)15-6-1-2-7-17(15)25-20/h1-2,6-9,12,14,19,22,25H,3-5,10-11H2,(H,24,26)/t19-/m0/s1. The monoisotopic (exact) mass is 346 g/mol. The second kappa shape index (κ2) is 6.25. The van der Waals surface area contributed by atoms with E-state index in [9.17, 15) is 4.79 Å². The third kappa shape index (κ3) is 2.59. The molecule has 1 aromatic carbocycles. The van der Waals surface area contributed by atoms with Crippen molar-refractivity contribution in [2.24, 2.45) is 0 Å². The van der Waals surface area contributed by atoms with Crippen molar-refractivity contribution in [1.29, 1.82) is 0 Å². The number of nitrogens with one attached hydrogen (secondary N) is 3. The smallest absolute Gasteiger partial charge is 0.270 e. The van der Waals surface area contributed by atoms with Gasteiger partial charge in [-0.3, -0.25) is 9.78 Å². The molecule has 132 valence electrons. The summed E-state index contributed by atoms with van der Waals surface area (Å²) in [6.45, 7) is 0.934. The predicted octanol–water partition coefficient (Wildman–Crippen LogP) is 3.08. The van der Waals surface area contributed by atoms with Gasteiger partial charge < -0.3 is 15.6 Å². The number of nitrogens with zero attached hydrogens (tertiary/aromatic N) is 1. The van der Waals surface area contributed by atoms with Gasteiger partial charge >= 0.3 is 0 Å². The van der Waals surface area contributed by atoms with Crippen LogP contribution in [0, 0.1) is 0 Å². The molecule has 26 heavy (non-hydrogen) atoms. The normalized spacial score (nSPS) is 19.8. The average molecular weight is 346 g/mol. The Labute approximate surface area is 152 Å². The van der Waals surface area contributed by atoms with Crippen molar-refractivity contribution in [3.05, 3.63) is 65.1 Å². The summed E-state index contributed by atoms with van der Waals surface area (Å²) in [7, 11) is 0. The van der Waals surface area contributed by atoms with Gasteiger partial charge in [0, 0.05) is 35.4 Å². The summed E-state index contributed by atoms with van der Waals surface area (Å²) in [5, 5.41) is 7.93. The fraction of sp³-hybridized carbons (Fsp3) is 0.333. The highest BCUT2D eigenvalue weighted by molar-refractivity contribution is 5.92. The summed E-state index contributed by atoms with van der Waals surface area (Å²) in [5.41, 5.74) is 5.35. The number of carbonyl (C=O) groups excluding carboxylic acids is 1. The zero-order chi connectivity index (χ0) is 17.5. The molecule has 5 heteroatoms. The maximum atomic E-state index is 12.3. The molecule has 1 atom stereocenters. The number of aromatic amines is 1. The van der Waals surface area contributed by atoms with E-state index in [2.05, 4.69) is 44.9 Å². The van der Waals surface area contributed by atoms with E-state index in [0.717, 1.165) is 31.4 Å². The van der Waals surface area contributed by atoms with E-state index in [1.807, 2.05) is 18.3 Å². The first kappa shape index (κ1) is 15.6. The Morgan fingerprint density at radius 3 is 2.81 bits per heavy atom. The molecule has 1 saturated carbocycles. The van der Waals surface area contributed by atoms with Gasteiger partial charge in [-0.25, -0.2) is 0 Å². The van der Waals surface area contributed by atoms with Crippen molar-refractivity contribution >= 4 is 16.8 Å². The molecular formula is C21H22N4O. The number of carbonyl (C=O) groups is 1. The molecule has 0 saturated heterocycles. The van der Waals surface area contributed by atoms with E-state index < -0.39 is 0 Å². The Morgan fingerprint density at radius 2 is 2.04 bits per heavy atom. The highest BCUT2D eigenvalue weighted by Gasteiger charge is 2.26. The number of benzene rings is 1. The molecular weight excluding hydrogens is 324 g/mol. The van der Waals surface area contributed by atoms with Crippen LogP contribution in [-0.4, -0.2) is 28.5 Å². The van der Waals surface area contributed by atoms with Crippen LogP contribution in [0.1, 0.15) is 52.6 Å². The number of amides is 1. The SMILES string of the molecule is O=C(NC1CCC1)c1ccc([C@@H]2NCCc3c2[nH]c2ccccc32)cn1. The summed E-state index contributed by atoms with van der Waals surface area (Å²) in [6, 6.07) is 12.7. The van der Waals surface area contributed by atoms with E-state index in [1.165, 1.54) is 28.6 Å². The highest BCUT2D eigenvalue weighted by atomic mass is 16.1. The van der Waals surface area contributed by atoms with Crippen LogP contribution in [0.2, 0.25) is 0 Å². The molecule has 0 bridgehead atoms. The van der Waals surface area contributed by atoms with Gasteiger partial charge in [0.15, 0.2) is 0 Å². The first-order chi connectivity index (χ1) is 12.8. The lowest BCUT2D eigenvalue weighted by molar-refractivity contribution is 0.0912. The van der Waals surface area contributed by atoms with Crippen LogP contribution in [-0.2, 0) is 6.42 Å². The first-order valence-corrected chi connectivity index (χ1v) is 9.39. The molecule has 2 aliphatic rings. The van der Waals surface area contributed by atoms with Crippen molar-refractivity contribution < 1.29 is 4.79 Å². The molecule has 0 spiro atoms.